The Morgan fingerprint density at radius 1 is 1.14 bits per heavy atom. The van der Waals surface area contributed by atoms with Gasteiger partial charge in [-0.2, -0.15) is 5.10 Å². The summed E-state index contributed by atoms with van der Waals surface area (Å²) in [6.45, 7) is 0. The van der Waals surface area contributed by atoms with Gasteiger partial charge in [0.1, 0.15) is 5.83 Å². The summed E-state index contributed by atoms with van der Waals surface area (Å²) in [6.07, 6.45) is 10.9. The van der Waals surface area contributed by atoms with Gasteiger partial charge in [0.2, 0.25) is 0 Å². The third-order valence-electron chi connectivity index (χ3n) is 4.82. The number of amides is 1. The quantitative estimate of drug-likeness (QED) is 0.696. The molecule has 2 aromatic heterocycles. The zero-order chi connectivity index (χ0) is 20.4. The molecule has 1 aliphatic rings. The topological polar surface area (TPSA) is 87.9 Å². The number of nitrogens with two attached hydrogens (primary N) is 1. The number of aromatic nitrogens is 3. The van der Waals surface area contributed by atoms with E-state index in [0.717, 1.165) is 16.6 Å². The number of carbonyl (C=O) groups is 1. The number of rotatable bonds is 3. The van der Waals surface area contributed by atoms with E-state index in [4.69, 9.17) is 5.73 Å². The van der Waals surface area contributed by atoms with Crippen LogP contribution in [0.2, 0.25) is 0 Å². The van der Waals surface area contributed by atoms with Crippen LogP contribution in [-0.2, 0) is 0 Å². The van der Waals surface area contributed by atoms with E-state index >= 15 is 0 Å². The Morgan fingerprint density at radius 2 is 1.97 bits per heavy atom. The van der Waals surface area contributed by atoms with Gasteiger partial charge in [-0.3, -0.25) is 14.9 Å². The van der Waals surface area contributed by atoms with Crippen molar-refractivity contribution in [2.75, 3.05) is 12.8 Å². The van der Waals surface area contributed by atoms with Gasteiger partial charge < -0.3 is 10.6 Å². The number of nitrogen functional groups attached to an aromatic ring is 1. The second-order valence-electron chi connectivity index (χ2n) is 6.83. The van der Waals surface area contributed by atoms with E-state index in [1.54, 1.807) is 25.5 Å². The van der Waals surface area contributed by atoms with Crippen molar-refractivity contribution < 1.29 is 9.18 Å². The van der Waals surface area contributed by atoms with Gasteiger partial charge in [0, 0.05) is 36.1 Å². The fourth-order valence-corrected chi connectivity index (χ4v) is 3.25. The number of H-pyrrole nitrogens is 1. The number of benzene rings is 1. The highest BCUT2D eigenvalue weighted by Crippen LogP contribution is 2.27. The predicted molar refractivity (Wildman–Crippen MR) is 111 cm³/mol. The summed E-state index contributed by atoms with van der Waals surface area (Å²) in [6, 6.07) is 7.51. The smallest absolute Gasteiger partial charge is 0.279 e. The van der Waals surface area contributed by atoms with Crippen LogP contribution in [0.15, 0.2) is 72.5 Å². The van der Waals surface area contributed by atoms with Gasteiger partial charge in [-0.25, -0.2) is 4.39 Å². The van der Waals surface area contributed by atoms with Gasteiger partial charge in [-0.05, 0) is 54.8 Å². The first-order chi connectivity index (χ1) is 14.0. The van der Waals surface area contributed by atoms with Crippen molar-refractivity contribution in [2.24, 2.45) is 0 Å². The van der Waals surface area contributed by atoms with Crippen LogP contribution in [0.4, 0.5) is 10.1 Å². The molecule has 0 radical (unpaired) electrons. The lowest BCUT2D eigenvalue weighted by atomic mass is 10.0. The summed E-state index contributed by atoms with van der Waals surface area (Å²) in [4.78, 5) is 18.7. The number of likely N-dealkylation sites (N-methyl/N-ethyl adjacent to an activating group) is 1. The zero-order valence-electron chi connectivity index (χ0n) is 15.9. The Kier molecular flexibility index (Phi) is 4.95. The standard InChI is InChI=1S/C22H20FN5O/c1-28(18-5-3-2-4-16(23)7-8-18)22(29)21-19-11-14(6-9-20(19)26-27-21)15-10-17(24)13-25-12-15/h4-13H,2-3,24H2,1H3,(H,26,27). The molecule has 0 fully saturated rings. The second-order valence-corrected chi connectivity index (χ2v) is 6.83. The summed E-state index contributed by atoms with van der Waals surface area (Å²) >= 11 is 0. The highest BCUT2D eigenvalue weighted by atomic mass is 19.1. The first-order valence-electron chi connectivity index (χ1n) is 9.24. The molecular weight excluding hydrogens is 369 g/mol. The maximum absolute atomic E-state index is 13.6. The monoisotopic (exact) mass is 389 g/mol. The van der Waals surface area contributed by atoms with E-state index in [-0.39, 0.29) is 11.7 Å². The predicted octanol–water partition coefficient (Wildman–Crippen LogP) is 4.37. The Hall–Kier alpha value is -3.74. The molecule has 1 aliphatic carbocycles. The molecule has 1 amide bonds. The fourth-order valence-electron chi connectivity index (χ4n) is 3.25. The number of allylic oxidation sites excluding steroid dienone is 5. The summed E-state index contributed by atoms with van der Waals surface area (Å²) in [7, 11) is 1.66. The first kappa shape index (κ1) is 18.6. The molecular formula is C22H20FN5O. The molecule has 7 heteroatoms. The van der Waals surface area contributed by atoms with Crippen molar-refractivity contribution in [3.05, 3.63) is 78.2 Å². The number of hydrogen-bond donors (Lipinski definition) is 2. The first-order valence-corrected chi connectivity index (χ1v) is 9.24. The van der Waals surface area contributed by atoms with Crippen molar-refractivity contribution >= 4 is 22.5 Å². The molecule has 2 heterocycles. The number of carbonyl (C=O) groups excluding carboxylic acids is 1. The molecule has 3 aromatic rings. The van der Waals surface area contributed by atoms with Crippen molar-refractivity contribution in [3.8, 4) is 11.1 Å². The molecule has 0 saturated carbocycles. The summed E-state index contributed by atoms with van der Waals surface area (Å²) in [5.41, 5.74) is 9.82. The molecule has 0 aliphatic heterocycles. The SMILES string of the molecule is CN(C(=O)c1n[nH]c2ccc(-c3cncc(N)c3)cc12)C1=CCCC=C(F)C=C1. The van der Waals surface area contributed by atoms with E-state index in [1.165, 1.54) is 17.1 Å². The number of halogens is 1. The number of aromatic amines is 1. The van der Waals surface area contributed by atoms with E-state index in [9.17, 15) is 9.18 Å². The Morgan fingerprint density at radius 3 is 2.79 bits per heavy atom. The maximum atomic E-state index is 13.6. The van der Waals surface area contributed by atoms with Gasteiger partial charge in [-0.1, -0.05) is 12.1 Å². The number of anilines is 1. The number of pyridine rings is 1. The highest BCUT2D eigenvalue weighted by Gasteiger charge is 2.20. The molecule has 3 N–H and O–H groups in total. The lowest BCUT2D eigenvalue weighted by Crippen LogP contribution is -2.26. The molecule has 0 spiro atoms. The average molecular weight is 389 g/mol. The summed E-state index contributed by atoms with van der Waals surface area (Å²) < 4.78 is 13.6. The lowest BCUT2D eigenvalue weighted by molar-refractivity contribution is 0.0836. The van der Waals surface area contributed by atoms with E-state index in [2.05, 4.69) is 15.2 Å². The normalized spacial score (nSPS) is 14.1. The van der Waals surface area contributed by atoms with Crippen LogP contribution in [0, 0.1) is 0 Å². The minimum Gasteiger partial charge on any atom is -0.397 e. The number of nitrogens with one attached hydrogen (secondary N) is 1. The molecule has 29 heavy (non-hydrogen) atoms. The van der Waals surface area contributed by atoms with Crippen LogP contribution in [0.25, 0.3) is 22.0 Å². The van der Waals surface area contributed by atoms with Crippen LogP contribution < -0.4 is 5.73 Å². The molecule has 0 bridgehead atoms. The van der Waals surface area contributed by atoms with Crippen LogP contribution in [0.5, 0.6) is 0 Å². The lowest BCUT2D eigenvalue weighted by Gasteiger charge is -2.18. The summed E-state index contributed by atoms with van der Waals surface area (Å²) in [5.74, 6) is -0.581. The van der Waals surface area contributed by atoms with Gasteiger partial charge in [0.25, 0.3) is 5.91 Å². The second kappa shape index (κ2) is 7.71. The third kappa shape index (κ3) is 3.80. The van der Waals surface area contributed by atoms with Crippen LogP contribution in [0.1, 0.15) is 23.3 Å². The largest absolute Gasteiger partial charge is 0.397 e. The van der Waals surface area contributed by atoms with Gasteiger partial charge in [0.05, 0.1) is 11.2 Å². The van der Waals surface area contributed by atoms with Gasteiger partial charge in [0.15, 0.2) is 5.69 Å². The van der Waals surface area contributed by atoms with Crippen LogP contribution in [0.3, 0.4) is 0 Å². The minimum absolute atomic E-state index is 0.278. The van der Waals surface area contributed by atoms with E-state index < -0.39 is 0 Å². The van der Waals surface area contributed by atoms with E-state index in [0.29, 0.717) is 35.3 Å². The fraction of sp³-hybridized carbons (Fsp3) is 0.136. The number of fused-ring (bicyclic) bond motifs is 1. The maximum Gasteiger partial charge on any atom is 0.279 e. The Bertz CT molecular complexity index is 1170. The van der Waals surface area contributed by atoms with Gasteiger partial charge >= 0.3 is 0 Å². The zero-order valence-corrected chi connectivity index (χ0v) is 15.9. The number of hydrogen-bond acceptors (Lipinski definition) is 4. The van der Waals surface area contributed by atoms with Crippen molar-refractivity contribution in [2.45, 2.75) is 12.8 Å². The molecule has 0 unspecified atom stereocenters. The van der Waals surface area contributed by atoms with Gasteiger partial charge in [-0.15, -0.1) is 0 Å². The molecule has 6 nitrogen and oxygen atoms in total. The Labute approximate surface area is 167 Å². The molecule has 0 saturated heterocycles. The molecule has 0 atom stereocenters. The molecule has 4 rings (SSSR count). The number of nitrogens with zero attached hydrogens (tertiary/aromatic N) is 3. The van der Waals surface area contributed by atoms with Crippen molar-refractivity contribution in [3.63, 3.8) is 0 Å². The average Bonchev–Trinajstić information content (AvgIpc) is 3.13. The minimum atomic E-state index is -0.304. The summed E-state index contributed by atoms with van der Waals surface area (Å²) in [5, 5.41) is 7.83. The third-order valence-corrected chi connectivity index (χ3v) is 4.82. The highest BCUT2D eigenvalue weighted by molar-refractivity contribution is 6.06. The Balaban J connectivity index is 1.70. The van der Waals surface area contributed by atoms with E-state index in [1.807, 2.05) is 30.3 Å². The van der Waals surface area contributed by atoms with Crippen LogP contribution >= 0.6 is 0 Å². The van der Waals surface area contributed by atoms with Crippen LogP contribution in [-0.4, -0.2) is 33.0 Å². The van der Waals surface area contributed by atoms with Crippen molar-refractivity contribution in [1.82, 2.24) is 20.1 Å². The molecule has 146 valence electrons. The van der Waals surface area contributed by atoms with Crippen molar-refractivity contribution in [1.29, 1.82) is 0 Å². The molecule has 1 aromatic carbocycles.